The maximum atomic E-state index is 12.8. The van der Waals surface area contributed by atoms with Gasteiger partial charge in [-0.2, -0.15) is 5.26 Å². The van der Waals surface area contributed by atoms with Crippen molar-refractivity contribution in [3.05, 3.63) is 47.7 Å². The molecule has 9 heteroatoms. The topological polar surface area (TPSA) is 87.8 Å². The molecular weight excluding hydrogens is 446 g/mol. The van der Waals surface area contributed by atoms with Crippen molar-refractivity contribution >= 4 is 20.9 Å². The number of hydrogen-bond donors (Lipinski definition) is 1. The number of pyridine rings is 1. The van der Waals surface area contributed by atoms with Crippen LogP contribution >= 0.6 is 0 Å². The van der Waals surface area contributed by atoms with E-state index in [4.69, 9.17) is 0 Å². The summed E-state index contributed by atoms with van der Waals surface area (Å²) in [4.78, 5) is 4.17. The molecule has 4 rings (SSSR count). The molecular formula is C24H26F2N4O2S. The summed E-state index contributed by atoms with van der Waals surface area (Å²) >= 11 is 0. The molecule has 0 unspecified atom stereocenters. The zero-order valence-electron chi connectivity index (χ0n) is 18.6. The zero-order chi connectivity index (χ0) is 23.8. The van der Waals surface area contributed by atoms with E-state index in [1.54, 1.807) is 6.07 Å². The van der Waals surface area contributed by atoms with Crippen LogP contribution < -0.4 is 4.72 Å². The van der Waals surface area contributed by atoms with Gasteiger partial charge in [0.1, 0.15) is 24.3 Å². The number of rotatable bonds is 8. The van der Waals surface area contributed by atoms with Crippen LogP contribution in [0.5, 0.6) is 0 Å². The molecule has 1 N–H and O–H groups in total. The van der Waals surface area contributed by atoms with Crippen LogP contribution in [0.1, 0.15) is 56.2 Å². The van der Waals surface area contributed by atoms with Crippen LogP contribution in [-0.2, 0) is 10.0 Å². The lowest BCUT2D eigenvalue weighted by Crippen LogP contribution is -2.37. The molecule has 1 fully saturated rings. The van der Waals surface area contributed by atoms with E-state index in [0.29, 0.717) is 22.9 Å². The first-order valence-corrected chi connectivity index (χ1v) is 12.5. The Hall–Kier alpha value is -2.83. The molecule has 2 heterocycles. The summed E-state index contributed by atoms with van der Waals surface area (Å²) in [7, 11) is -4.12. The molecule has 1 aliphatic carbocycles. The minimum absolute atomic E-state index is 0.190. The largest absolute Gasteiger partial charge is 0.335 e. The van der Waals surface area contributed by atoms with Gasteiger partial charge in [-0.05, 0) is 48.9 Å². The van der Waals surface area contributed by atoms with Gasteiger partial charge in [0, 0.05) is 17.6 Å². The second-order valence-electron chi connectivity index (χ2n) is 8.73. The standard InChI is InChI=1S/C24H26F2N4O2S/c1-15(2)16-6-8-20-21(13-27)24(30(23(20)10-16)18-4-3-5-18)22-9-7-19(14-28-22)33(31,32)29-17(11-25)12-26/h6-10,14-15,17-18,29H,3-5,11-12H2,1-2H3. The first kappa shape index (κ1) is 23.3. The number of sulfonamides is 1. The molecule has 0 amide bonds. The van der Waals surface area contributed by atoms with Gasteiger partial charge in [-0.15, -0.1) is 0 Å². The number of fused-ring (bicyclic) bond motifs is 1. The number of benzene rings is 1. The third kappa shape index (κ3) is 4.25. The molecule has 0 bridgehead atoms. The van der Waals surface area contributed by atoms with E-state index in [-0.39, 0.29) is 10.9 Å². The molecule has 0 spiro atoms. The van der Waals surface area contributed by atoms with E-state index in [1.807, 2.05) is 16.9 Å². The molecule has 0 saturated heterocycles. The van der Waals surface area contributed by atoms with Gasteiger partial charge in [-0.3, -0.25) is 4.98 Å². The highest BCUT2D eigenvalue weighted by atomic mass is 32.2. The summed E-state index contributed by atoms with van der Waals surface area (Å²) in [6, 6.07) is 10.2. The predicted molar refractivity (Wildman–Crippen MR) is 123 cm³/mol. The minimum Gasteiger partial charge on any atom is -0.335 e. The third-order valence-corrected chi connectivity index (χ3v) is 7.74. The van der Waals surface area contributed by atoms with Crippen molar-refractivity contribution in [3.8, 4) is 17.5 Å². The normalized spacial score (nSPS) is 14.7. The summed E-state index contributed by atoms with van der Waals surface area (Å²) in [5, 5.41) is 10.9. The smallest absolute Gasteiger partial charge is 0.242 e. The first-order valence-electron chi connectivity index (χ1n) is 11.0. The quantitative estimate of drug-likeness (QED) is 0.499. The van der Waals surface area contributed by atoms with E-state index < -0.39 is 29.4 Å². The predicted octanol–water partition coefficient (Wildman–Crippen LogP) is 5.01. The van der Waals surface area contributed by atoms with E-state index in [1.165, 1.54) is 11.6 Å². The van der Waals surface area contributed by atoms with Crippen molar-refractivity contribution in [2.75, 3.05) is 13.3 Å². The minimum atomic E-state index is -4.12. The van der Waals surface area contributed by atoms with E-state index in [0.717, 1.165) is 36.4 Å². The fourth-order valence-corrected chi connectivity index (χ4v) is 5.29. The molecule has 2 aromatic heterocycles. The highest BCUT2D eigenvalue weighted by molar-refractivity contribution is 7.89. The van der Waals surface area contributed by atoms with Gasteiger partial charge in [-0.1, -0.05) is 26.0 Å². The number of nitriles is 1. The average Bonchev–Trinajstić information content (AvgIpc) is 3.09. The van der Waals surface area contributed by atoms with E-state index >= 15 is 0 Å². The molecule has 1 aromatic carbocycles. The number of alkyl halides is 2. The number of aromatic nitrogens is 2. The highest BCUT2D eigenvalue weighted by Gasteiger charge is 2.29. The maximum Gasteiger partial charge on any atom is 0.242 e. The fourth-order valence-electron chi connectivity index (χ4n) is 4.15. The molecule has 0 radical (unpaired) electrons. The molecule has 174 valence electrons. The van der Waals surface area contributed by atoms with Gasteiger partial charge in [0.05, 0.1) is 28.5 Å². The summed E-state index contributed by atoms with van der Waals surface area (Å²) in [6.07, 6.45) is 4.26. The molecule has 6 nitrogen and oxygen atoms in total. The van der Waals surface area contributed by atoms with Crippen LogP contribution in [0.2, 0.25) is 0 Å². The number of nitrogens with zero attached hydrogens (tertiary/aromatic N) is 3. The Morgan fingerprint density at radius 3 is 2.45 bits per heavy atom. The molecule has 0 atom stereocenters. The van der Waals surface area contributed by atoms with Crippen molar-refractivity contribution in [1.29, 1.82) is 5.26 Å². The SMILES string of the molecule is CC(C)c1ccc2c(C#N)c(-c3ccc(S(=O)(=O)NC(CF)CF)cn3)n(C3CCC3)c2c1. The first-order chi connectivity index (χ1) is 15.8. The molecule has 0 aliphatic heterocycles. The Bertz CT molecular complexity index is 1300. The van der Waals surface area contributed by atoms with Gasteiger partial charge in [0.15, 0.2) is 0 Å². The van der Waals surface area contributed by atoms with E-state index in [2.05, 4.69) is 35.5 Å². The summed E-state index contributed by atoms with van der Waals surface area (Å²) in [6.45, 7) is 1.95. The fraction of sp³-hybridized carbons (Fsp3) is 0.417. The monoisotopic (exact) mass is 472 g/mol. The van der Waals surface area contributed by atoms with Crippen molar-refractivity contribution < 1.29 is 17.2 Å². The molecule has 1 aliphatic rings. The van der Waals surface area contributed by atoms with Gasteiger partial charge in [0.2, 0.25) is 10.0 Å². The lowest BCUT2D eigenvalue weighted by molar-refractivity contribution is 0.324. The second kappa shape index (κ2) is 9.20. The highest BCUT2D eigenvalue weighted by Crippen LogP contribution is 2.42. The summed E-state index contributed by atoms with van der Waals surface area (Å²) < 4.78 is 54.7. The lowest BCUT2D eigenvalue weighted by Gasteiger charge is -2.30. The van der Waals surface area contributed by atoms with Crippen molar-refractivity contribution in [3.63, 3.8) is 0 Å². The van der Waals surface area contributed by atoms with Gasteiger partial charge < -0.3 is 4.57 Å². The van der Waals surface area contributed by atoms with Gasteiger partial charge >= 0.3 is 0 Å². The number of nitrogens with one attached hydrogen (secondary N) is 1. The van der Waals surface area contributed by atoms with E-state index in [9.17, 15) is 22.5 Å². The second-order valence-corrected chi connectivity index (χ2v) is 10.4. The Labute approximate surface area is 192 Å². The molecule has 3 aromatic rings. The van der Waals surface area contributed by atoms with Crippen LogP contribution in [0.4, 0.5) is 8.78 Å². The maximum absolute atomic E-state index is 12.8. The van der Waals surface area contributed by atoms with Crippen molar-refractivity contribution in [2.45, 2.75) is 56.0 Å². The van der Waals surface area contributed by atoms with Crippen molar-refractivity contribution in [2.24, 2.45) is 0 Å². The van der Waals surface area contributed by atoms with Gasteiger partial charge in [0.25, 0.3) is 0 Å². The third-order valence-electron chi connectivity index (χ3n) is 6.23. The average molecular weight is 473 g/mol. The number of halogens is 2. The molecule has 1 saturated carbocycles. The van der Waals surface area contributed by atoms with Crippen LogP contribution in [0.3, 0.4) is 0 Å². The van der Waals surface area contributed by atoms with Crippen molar-refractivity contribution in [1.82, 2.24) is 14.3 Å². The summed E-state index contributed by atoms with van der Waals surface area (Å²) in [5.74, 6) is 0.334. The number of hydrogen-bond acceptors (Lipinski definition) is 4. The lowest BCUT2D eigenvalue weighted by atomic mass is 9.92. The summed E-state index contributed by atoms with van der Waals surface area (Å²) in [5.41, 5.74) is 3.80. The van der Waals surface area contributed by atoms with Crippen LogP contribution in [0.15, 0.2) is 41.4 Å². The Morgan fingerprint density at radius 2 is 1.94 bits per heavy atom. The molecule has 33 heavy (non-hydrogen) atoms. The zero-order valence-corrected chi connectivity index (χ0v) is 19.4. The van der Waals surface area contributed by atoms with Crippen LogP contribution in [0.25, 0.3) is 22.3 Å². The van der Waals surface area contributed by atoms with Crippen LogP contribution in [0, 0.1) is 11.3 Å². The Balaban J connectivity index is 1.83. The van der Waals surface area contributed by atoms with Crippen LogP contribution in [-0.4, -0.2) is 37.4 Å². The Kier molecular flexibility index (Phi) is 6.50. The Morgan fingerprint density at radius 1 is 1.21 bits per heavy atom. The van der Waals surface area contributed by atoms with Gasteiger partial charge in [-0.25, -0.2) is 21.9 Å².